The quantitative estimate of drug-likeness (QED) is 0.292. The Morgan fingerprint density at radius 1 is 1.13 bits per heavy atom. The van der Waals surface area contributed by atoms with Crippen LogP contribution in [-0.2, 0) is 14.9 Å². The van der Waals surface area contributed by atoms with E-state index in [2.05, 4.69) is 9.71 Å². The van der Waals surface area contributed by atoms with Gasteiger partial charge >= 0.3 is 0 Å². The molecule has 0 saturated carbocycles. The lowest BCUT2D eigenvalue weighted by Gasteiger charge is -2.18. The second kappa shape index (κ2) is 9.94. The van der Waals surface area contributed by atoms with Crippen molar-refractivity contribution >= 4 is 32.3 Å². The first-order valence-electron chi connectivity index (χ1n) is 9.35. The number of benzene rings is 2. The average Bonchev–Trinajstić information content (AvgIpc) is 3.24. The molecule has 30 heavy (non-hydrogen) atoms. The van der Waals surface area contributed by atoms with Crippen LogP contribution in [0.2, 0.25) is 0 Å². The molecule has 0 fully saturated rings. The zero-order valence-electron chi connectivity index (χ0n) is 16.7. The molecule has 0 atom stereocenters. The minimum absolute atomic E-state index is 0.0801. The van der Waals surface area contributed by atoms with E-state index in [1.165, 1.54) is 18.4 Å². The summed E-state index contributed by atoms with van der Waals surface area (Å²) in [7, 11) is -2.03. The fourth-order valence-electron chi connectivity index (χ4n) is 2.82. The molecule has 0 spiro atoms. The van der Waals surface area contributed by atoms with Crippen molar-refractivity contribution in [3.8, 4) is 0 Å². The second-order valence-corrected chi connectivity index (χ2v) is 9.28. The van der Waals surface area contributed by atoms with E-state index in [-0.39, 0.29) is 17.2 Å². The maximum atomic E-state index is 12.7. The number of hydrogen-bond donors (Lipinski definition) is 1. The normalized spacial score (nSPS) is 11.4. The van der Waals surface area contributed by atoms with Crippen LogP contribution in [-0.4, -0.2) is 39.4 Å². The van der Waals surface area contributed by atoms with E-state index < -0.39 is 10.0 Å². The van der Waals surface area contributed by atoms with Gasteiger partial charge in [0, 0.05) is 18.7 Å². The molecule has 0 aliphatic heterocycles. The Bertz CT molecular complexity index is 1100. The standard InChI is InChI=1S/C21H23N3O4S2/c1-16-9-6-7-12-18(16)20(25)19-15-22-21(29-19)24(28-2)14-8-13-23-30(26,27)17-10-4-3-5-11-17/h3-7,9-12,15,23H,8,13-14H2,1-2H3. The summed E-state index contributed by atoms with van der Waals surface area (Å²) in [6, 6.07) is 15.6. The predicted molar refractivity (Wildman–Crippen MR) is 117 cm³/mol. The predicted octanol–water partition coefficient (Wildman–Crippen LogP) is 3.42. The third-order valence-corrected chi connectivity index (χ3v) is 6.90. The van der Waals surface area contributed by atoms with Crippen LogP contribution in [0.25, 0.3) is 0 Å². The van der Waals surface area contributed by atoms with Gasteiger partial charge in [-0.3, -0.25) is 9.63 Å². The van der Waals surface area contributed by atoms with Crippen molar-refractivity contribution in [2.45, 2.75) is 18.2 Å². The number of aromatic nitrogens is 1. The molecule has 0 bridgehead atoms. The molecular formula is C21H23N3O4S2. The number of hydroxylamine groups is 1. The first kappa shape index (κ1) is 22.1. The van der Waals surface area contributed by atoms with E-state index in [1.54, 1.807) is 47.7 Å². The number of carbonyl (C=O) groups excluding carboxylic acids is 1. The Morgan fingerprint density at radius 3 is 2.53 bits per heavy atom. The topological polar surface area (TPSA) is 88.6 Å². The largest absolute Gasteiger partial charge is 0.288 e. The fraction of sp³-hybridized carbons (Fsp3) is 0.238. The summed E-state index contributed by atoms with van der Waals surface area (Å²) in [4.78, 5) is 23.1. The van der Waals surface area contributed by atoms with Gasteiger partial charge in [0.05, 0.1) is 23.1 Å². The van der Waals surface area contributed by atoms with Crippen LogP contribution in [0.3, 0.4) is 0 Å². The third kappa shape index (κ3) is 5.31. The molecular weight excluding hydrogens is 422 g/mol. The minimum Gasteiger partial charge on any atom is -0.288 e. The molecule has 7 nitrogen and oxygen atoms in total. The van der Waals surface area contributed by atoms with Crippen LogP contribution in [0.1, 0.15) is 27.2 Å². The average molecular weight is 446 g/mol. The summed E-state index contributed by atoms with van der Waals surface area (Å²) in [6.45, 7) is 2.56. The summed E-state index contributed by atoms with van der Waals surface area (Å²) in [5.74, 6) is -0.0801. The molecule has 2 aromatic carbocycles. The van der Waals surface area contributed by atoms with Crippen molar-refractivity contribution in [2.24, 2.45) is 0 Å². The molecule has 0 saturated heterocycles. The van der Waals surface area contributed by atoms with E-state index >= 15 is 0 Å². The van der Waals surface area contributed by atoms with E-state index in [1.807, 2.05) is 25.1 Å². The Morgan fingerprint density at radius 2 is 1.83 bits per heavy atom. The Balaban J connectivity index is 1.58. The second-order valence-electron chi connectivity index (χ2n) is 6.50. The van der Waals surface area contributed by atoms with Crippen molar-refractivity contribution in [2.75, 3.05) is 25.3 Å². The number of nitrogens with one attached hydrogen (secondary N) is 1. The van der Waals surface area contributed by atoms with Gasteiger partial charge in [-0.15, -0.1) is 0 Å². The highest BCUT2D eigenvalue weighted by atomic mass is 32.2. The number of rotatable bonds is 10. The molecule has 158 valence electrons. The highest BCUT2D eigenvalue weighted by molar-refractivity contribution is 7.89. The molecule has 1 N–H and O–H groups in total. The molecule has 3 aromatic rings. The lowest BCUT2D eigenvalue weighted by atomic mass is 10.0. The van der Waals surface area contributed by atoms with Crippen LogP contribution in [0.15, 0.2) is 65.7 Å². The van der Waals surface area contributed by atoms with Crippen molar-refractivity contribution in [1.82, 2.24) is 9.71 Å². The number of anilines is 1. The van der Waals surface area contributed by atoms with Gasteiger partial charge in [-0.2, -0.15) is 0 Å². The van der Waals surface area contributed by atoms with Gasteiger partial charge in [-0.05, 0) is 31.0 Å². The molecule has 3 rings (SSSR count). The monoisotopic (exact) mass is 445 g/mol. The molecule has 0 amide bonds. The van der Waals surface area contributed by atoms with Gasteiger partial charge < -0.3 is 0 Å². The molecule has 0 radical (unpaired) electrons. The lowest BCUT2D eigenvalue weighted by Crippen LogP contribution is -2.29. The van der Waals surface area contributed by atoms with Gasteiger partial charge in [-0.25, -0.2) is 23.2 Å². The maximum Gasteiger partial charge on any atom is 0.240 e. The zero-order chi connectivity index (χ0) is 21.6. The molecule has 1 heterocycles. The van der Waals surface area contributed by atoms with Crippen molar-refractivity contribution in [3.63, 3.8) is 0 Å². The Labute approximate surface area is 180 Å². The third-order valence-electron chi connectivity index (χ3n) is 4.42. The number of nitrogens with zero attached hydrogens (tertiary/aromatic N) is 2. The highest BCUT2D eigenvalue weighted by Gasteiger charge is 2.18. The Kier molecular flexibility index (Phi) is 7.33. The summed E-state index contributed by atoms with van der Waals surface area (Å²) >= 11 is 1.24. The van der Waals surface area contributed by atoms with Crippen LogP contribution in [0, 0.1) is 6.92 Å². The van der Waals surface area contributed by atoms with Crippen molar-refractivity contribution in [1.29, 1.82) is 0 Å². The van der Waals surface area contributed by atoms with Crippen molar-refractivity contribution < 1.29 is 18.0 Å². The first-order chi connectivity index (χ1) is 14.4. The lowest BCUT2D eigenvalue weighted by molar-refractivity contribution is 0.104. The van der Waals surface area contributed by atoms with Gasteiger partial charge in [0.1, 0.15) is 0 Å². The van der Waals surface area contributed by atoms with Gasteiger partial charge in [0.25, 0.3) is 0 Å². The summed E-state index contributed by atoms with van der Waals surface area (Å²) in [6.07, 6.45) is 2.04. The molecule has 9 heteroatoms. The summed E-state index contributed by atoms with van der Waals surface area (Å²) in [5.41, 5.74) is 1.55. The van der Waals surface area contributed by atoms with Crippen LogP contribution >= 0.6 is 11.3 Å². The van der Waals surface area contributed by atoms with E-state index in [4.69, 9.17) is 4.84 Å². The minimum atomic E-state index is -3.54. The fourth-order valence-corrected chi connectivity index (χ4v) is 4.80. The van der Waals surface area contributed by atoms with Gasteiger partial charge in [-0.1, -0.05) is 53.8 Å². The molecule has 1 aromatic heterocycles. The number of ketones is 1. The molecule has 0 aliphatic carbocycles. The summed E-state index contributed by atoms with van der Waals surface area (Å²) < 4.78 is 27.1. The van der Waals surface area contributed by atoms with Gasteiger partial charge in [0.15, 0.2) is 0 Å². The van der Waals surface area contributed by atoms with Crippen LogP contribution < -0.4 is 9.79 Å². The maximum absolute atomic E-state index is 12.7. The van der Waals surface area contributed by atoms with Crippen LogP contribution in [0.5, 0.6) is 0 Å². The van der Waals surface area contributed by atoms with Gasteiger partial charge in [0.2, 0.25) is 20.9 Å². The van der Waals surface area contributed by atoms with E-state index in [0.29, 0.717) is 28.5 Å². The Hall–Kier alpha value is -2.59. The number of sulfonamides is 1. The highest BCUT2D eigenvalue weighted by Crippen LogP contribution is 2.25. The molecule has 0 aliphatic rings. The number of aryl methyl sites for hydroxylation is 1. The SMILES string of the molecule is CON(CCCNS(=O)(=O)c1ccccc1)c1ncc(C(=O)c2ccccc2C)s1. The van der Waals surface area contributed by atoms with Crippen LogP contribution in [0.4, 0.5) is 5.13 Å². The first-order valence-corrected chi connectivity index (χ1v) is 11.6. The smallest absolute Gasteiger partial charge is 0.240 e. The number of thiazole rings is 1. The molecule has 0 unspecified atom stereocenters. The van der Waals surface area contributed by atoms with E-state index in [9.17, 15) is 13.2 Å². The summed E-state index contributed by atoms with van der Waals surface area (Å²) in [5, 5.41) is 2.09. The van der Waals surface area contributed by atoms with E-state index in [0.717, 1.165) is 5.56 Å². The zero-order valence-corrected chi connectivity index (χ0v) is 18.4. The number of hydrogen-bond acceptors (Lipinski definition) is 7. The van der Waals surface area contributed by atoms with Crippen molar-refractivity contribution in [3.05, 3.63) is 76.8 Å². The number of carbonyl (C=O) groups is 1.